The van der Waals surface area contributed by atoms with Gasteiger partial charge in [-0.1, -0.05) is 35.9 Å². The molecular formula is C17H18ClF2N2O2+. The Bertz CT molecular complexity index is 681. The van der Waals surface area contributed by atoms with Gasteiger partial charge in [-0.15, -0.1) is 0 Å². The Morgan fingerprint density at radius 2 is 1.88 bits per heavy atom. The minimum Gasteiger partial charge on any atom is -0.433 e. The highest BCUT2D eigenvalue weighted by Crippen LogP contribution is 2.25. The maximum Gasteiger partial charge on any atom is 0.387 e. The molecule has 0 unspecified atom stereocenters. The number of hydrogen-bond acceptors (Lipinski definition) is 2. The second-order valence-electron chi connectivity index (χ2n) is 5.20. The van der Waals surface area contributed by atoms with Crippen molar-refractivity contribution in [1.82, 2.24) is 0 Å². The van der Waals surface area contributed by atoms with Crippen molar-refractivity contribution in [3.8, 4) is 5.75 Å². The highest BCUT2D eigenvalue weighted by molar-refractivity contribution is 6.30. The number of rotatable bonds is 7. The Morgan fingerprint density at radius 3 is 2.54 bits per heavy atom. The Balaban J connectivity index is 1.90. The molecule has 2 rings (SSSR count). The van der Waals surface area contributed by atoms with Crippen molar-refractivity contribution in [1.29, 1.82) is 0 Å². The number of para-hydroxylation sites is 2. The number of nitrogens with one attached hydrogen (secondary N) is 1. The highest BCUT2D eigenvalue weighted by Gasteiger charge is 2.14. The number of hydrogen-bond donors (Lipinski definition) is 2. The van der Waals surface area contributed by atoms with Crippen molar-refractivity contribution in [2.24, 2.45) is 0 Å². The number of alkyl halides is 2. The van der Waals surface area contributed by atoms with Gasteiger partial charge in [-0.05, 0) is 31.2 Å². The first-order chi connectivity index (χ1) is 11.5. The number of amides is 1. The molecule has 0 radical (unpaired) electrons. The average Bonchev–Trinajstić information content (AvgIpc) is 2.54. The van der Waals surface area contributed by atoms with Gasteiger partial charge in [0.1, 0.15) is 11.8 Å². The van der Waals surface area contributed by atoms with Gasteiger partial charge in [0.2, 0.25) is 0 Å². The molecule has 0 aliphatic heterocycles. The first-order valence-corrected chi connectivity index (χ1v) is 7.76. The summed E-state index contributed by atoms with van der Waals surface area (Å²) in [5, 5.41) is 5.08. The fraction of sp³-hybridized carbons (Fsp3) is 0.235. The lowest BCUT2D eigenvalue weighted by Gasteiger charge is -2.13. The molecule has 128 valence electrons. The van der Waals surface area contributed by atoms with E-state index in [1.54, 1.807) is 24.3 Å². The molecule has 3 N–H and O–H groups in total. The number of carbonyl (C=O) groups excluding carboxylic acids is 1. The molecule has 7 heteroatoms. The quantitative estimate of drug-likeness (QED) is 0.801. The summed E-state index contributed by atoms with van der Waals surface area (Å²) in [4.78, 5) is 12.0. The van der Waals surface area contributed by atoms with E-state index in [2.05, 4.69) is 10.1 Å². The van der Waals surface area contributed by atoms with Crippen molar-refractivity contribution in [3.05, 3.63) is 59.1 Å². The van der Waals surface area contributed by atoms with E-state index in [9.17, 15) is 13.6 Å². The van der Waals surface area contributed by atoms with E-state index in [0.29, 0.717) is 5.02 Å². The molecular weight excluding hydrogens is 338 g/mol. The predicted molar refractivity (Wildman–Crippen MR) is 88.4 cm³/mol. The summed E-state index contributed by atoms with van der Waals surface area (Å²) in [6.07, 6.45) is 0. The van der Waals surface area contributed by atoms with Crippen molar-refractivity contribution >= 4 is 23.2 Å². The van der Waals surface area contributed by atoms with Crippen LogP contribution in [-0.4, -0.2) is 19.1 Å². The third-order valence-electron chi connectivity index (χ3n) is 3.43. The zero-order valence-corrected chi connectivity index (χ0v) is 13.8. The van der Waals surface area contributed by atoms with Crippen LogP contribution in [0.5, 0.6) is 5.75 Å². The molecule has 2 aromatic rings. The van der Waals surface area contributed by atoms with Gasteiger partial charge in [-0.2, -0.15) is 8.78 Å². The third kappa shape index (κ3) is 5.47. The normalized spacial score (nSPS) is 12.0. The zero-order valence-electron chi connectivity index (χ0n) is 13.0. The molecule has 0 saturated carbocycles. The van der Waals surface area contributed by atoms with E-state index in [-0.39, 0.29) is 29.9 Å². The summed E-state index contributed by atoms with van der Waals surface area (Å²) in [5.41, 5.74) is 1.25. The van der Waals surface area contributed by atoms with Gasteiger partial charge in [0.15, 0.2) is 6.54 Å². The van der Waals surface area contributed by atoms with E-state index >= 15 is 0 Å². The van der Waals surface area contributed by atoms with E-state index in [4.69, 9.17) is 11.6 Å². The standard InChI is InChI=1S/C17H17ClF2N2O2/c1-11(12-6-8-13(18)9-7-12)21-10-16(23)22-14-4-2-3-5-15(14)24-17(19)20/h2-9,11,17,21H,10H2,1H3,(H,22,23)/p+1/t11-/m1/s1. The predicted octanol–water partition coefficient (Wildman–Crippen LogP) is 3.20. The summed E-state index contributed by atoms with van der Waals surface area (Å²) in [6.45, 7) is -0.837. The van der Waals surface area contributed by atoms with E-state index < -0.39 is 6.61 Å². The number of quaternary nitrogens is 1. The van der Waals surface area contributed by atoms with E-state index in [1.807, 2.05) is 24.4 Å². The minimum absolute atomic E-state index is 0.0561. The van der Waals surface area contributed by atoms with Crippen LogP contribution in [0.2, 0.25) is 5.02 Å². The Hall–Kier alpha value is -2.18. The molecule has 4 nitrogen and oxygen atoms in total. The van der Waals surface area contributed by atoms with Crippen LogP contribution >= 0.6 is 11.6 Å². The number of carbonyl (C=O) groups is 1. The number of halogens is 3. The van der Waals surface area contributed by atoms with Crippen LogP contribution in [0.1, 0.15) is 18.5 Å². The molecule has 0 spiro atoms. The van der Waals surface area contributed by atoms with Crippen LogP contribution in [0.4, 0.5) is 14.5 Å². The fourth-order valence-electron chi connectivity index (χ4n) is 2.16. The monoisotopic (exact) mass is 355 g/mol. The van der Waals surface area contributed by atoms with E-state index in [1.165, 1.54) is 12.1 Å². The van der Waals surface area contributed by atoms with Gasteiger partial charge in [0, 0.05) is 10.6 Å². The molecule has 0 fully saturated rings. The van der Waals surface area contributed by atoms with Gasteiger partial charge >= 0.3 is 6.61 Å². The van der Waals surface area contributed by atoms with Crippen LogP contribution in [0.25, 0.3) is 0 Å². The molecule has 0 heterocycles. The Labute approximate surface area is 143 Å². The summed E-state index contributed by atoms with van der Waals surface area (Å²) >= 11 is 5.85. The van der Waals surface area contributed by atoms with Gasteiger partial charge in [0.05, 0.1) is 5.69 Å². The maximum atomic E-state index is 12.4. The van der Waals surface area contributed by atoms with Crippen molar-refractivity contribution in [3.63, 3.8) is 0 Å². The molecule has 0 saturated heterocycles. The zero-order chi connectivity index (χ0) is 17.5. The van der Waals surface area contributed by atoms with Crippen LogP contribution in [0.15, 0.2) is 48.5 Å². The molecule has 0 aliphatic carbocycles. The first-order valence-electron chi connectivity index (χ1n) is 7.38. The third-order valence-corrected chi connectivity index (χ3v) is 3.68. The molecule has 0 bridgehead atoms. The maximum absolute atomic E-state index is 12.4. The number of benzene rings is 2. The van der Waals surface area contributed by atoms with Gasteiger partial charge in [0.25, 0.3) is 5.91 Å². The minimum atomic E-state index is -2.94. The number of anilines is 1. The summed E-state index contributed by atoms with van der Waals surface area (Å²) in [6, 6.07) is 13.5. The van der Waals surface area contributed by atoms with Crippen molar-refractivity contribution < 1.29 is 23.6 Å². The molecule has 1 atom stereocenters. The van der Waals surface area contributed by atoms with Crippen molar-refractivity contribution in [2.75, 3.05) is 11.9 Å². The SMILES string of the molecule is C[C@@H]([NH2+]CC(=O)Nc1ccccc1OC(F)F)c1ccc(Cl)cc1. The van der Waals surface area contributed by atoms with Gasteiger partial charge in [-0.3, -0.25) is 4.79 Å². The lowest BCUT2D eigenvalue weighted by molar-refractivity contribution is -0.682. The average molecular weight is 356 g/mol. The Kier molecular flexibility index (Phi) is 6.52. The lowest BCUT2D eigenvalue weighted by Crippen LogP contribution is -2.86. The second kappa shape index (κ2) is 8.61. The van der Waals surface area contributed by atoms with Gasteiger partial charge < -0.3 is 15.4 Å². The van der Waals surface area contributed by atoms with Crippen LogP contribution in [-0.2, 0) is 4.79 Å². The van der Waals surface area contributed by atoms with Crippen molar-refractivity contribution in [2.45, 2.75) is 19.6 Å². The second-order valence-corrected chi connectivity index (χ2v) is 5.64. The Morgan fingerprint density at radius 1 is 1.21 bits per heavy atom. The summed E-state index contributed by atoms with van der Waals surface area (Å²) in [7, 11) is 0. The van der Waals surface area contributed by atoms with Crippen LogP contribution in [0, 0.1) is 0 Å². The highest BCUT2D eigenvalue weighted by atomic mass is 35.5. The largest absolute Gasteiger partial charge is 0.433 e. The van der Waals surface area contributed by atoms with Crippen LogP contribution < -0.4 is 15.4 Å². The number of nitrogens with two attached hydrogens (primary N) is 1. The smallest absolute Gasteiger partial charge is 0.387 e. The number of ether oxygens (including phenoxy) is 1. The molecule has 0 aromatic heterocycles. The van der Waals surface area contributed by atoms with E-state index in [0.717, 1.165) is 5.56 Å². The topological polar surface area (TPSA) is 54.9 Å². The molecule has 0 aliphatic rings. The van der Waals surface area contributed by atoms with Crippen LogP contribution in [0.3, 0.4) is 0 Å². The summed E-state index contributed by atoms with van der Waals surface area (Å²) in [5.74, 6) is -0.368. The van der Waals surface area contributed by atoms with Gasteiger partial charge in [-0.25, -0.2) is 0 Å². The summed E-state index contributed by atoms with van der Waals surface area (Å²) < 4.78 is 29.1. The lowest BCUT2D eigenvalue weighted by atomic mass is 10.1. The molecule has 1 amide bonds. The molecule has 24 heavy (non-hydrogen) atoms. The first kappa shape index (κ1) is 18.2. The fourth-order valence-corrected chi connectivity index (χ4v) is 2.28. The molecule has 2 aromatic carbocycles.